The summed E-state index contributed by atoms with van der Waals surface area (Å²) >= 11 is 5.86. The van der Waals surface area contributed by atoms with E-state index in [-0.39, 0.29) is 28.5 Å². The Morgan fingerprint density at radius 1 is 1.07 bits per heavy atom. The second kappa shape index (κ2) is 13.4. The highest BCUT2D eigenvalue weighted by Gasteiger charge is 2.40. The first-order chi connectivity index (χ1) is 19.6. The molecule has 0 aliphatic rings. The molecule has 1 aromatic heterocycles. The van der Waals surface area contributed by atoms with Crippen LogP contribution in [0.15, 0.2) is 53.3 Å². The maximum atomic E-state index is 13.7. The van der Waals surface area contributed by atoms with Crippen LogP contribution in [0.3, 0.4) is 0 Å². The van der Waals surface area contributed by atoms with Gasteiger partial charge in [-0.2, -0.15) is 26.3 Å². The highest BCUT2D eigenvalue weighted by molar-refractivity contribution is 6.30. The van der Waals surface area contributed by atoms with Gasteiger partial charge in [0.25, 0.3) is 0 Å². The van der Waals surface area contributed by atoms with Crippen molar-refractivity contribution in [3.05, 3.63) is 75.2 Å². The van der Waals surface area contributed by atoms with Crippen LogP contribution >= 0.6 is 11.6 Å². The summed E-state index contributed by atoms with van der Waals surface area (Å²) in [6.45, 7) is -0.936. The van der Waals surface area contributed by atoms with Crippen LogP contribution in [0.5, 0.6) is 0 Å². The lowest BCUT2D eigenvalue weighted by atomic mass is 9.90. The molecule has 0 aliphatic carbocycles. The Morgan fingerprint density at radius 2 is 1.71 bits per heavy atom. The van der Waals surface area contributed by atoms with E-state index in [1.54, 1.807) is 6.92 Å². The minimum atomic E-state index is -5.07. The number of benzene rings is 2. The van der Waals surface area contributed by atoms with E-state index in [1.807, 2.05) is 0 Å². The summed E-state index contributed by atoms with van der Waals surface area (Å²) < 4.78 is 86.5. The average molecular weight is 623 g/mol. The number of Topliss-reactive ketones (excluding diaryl/α,β-unsaturated/α-hetero) is 1. The van der Waals surface area contributed by atoms with E-state index >= 15 is 0 Å². The average Bonchev–Trinajstić information content (AvgIpc) is 3.20. The minimum Gasteiger partial charge on any atom is -0.449 e. The number of amides is 1. The van der Waals surface area contributed by atoms with Gasteiger partial charge in [0.05, 0.1) is 12.1 Å². The van der Waals surface area contributed by atoms with Gasteiger partial charge in [0.1, 0.15) is 13.2 Å². The molecular weight excluding hydrogens is 598 g/mol. The molecule has 9 nitrogen and oxygen atoms in total. The lowest BCUT2D eigenvalue weighted by Crippen LogP contribution is -2.37. The van der Waals surface area contributed by atoms with Crippen molar-refractivity contribution in [3.63, 3.8) is 0 Å². The molecule has 228 valence electrons. The predicted molar refractivity (Wildman–Crippen MR) is 138 cm³/mol. The summed E-state index contributed by atoms with van der Waals surface area (Å²) in [4.78, 5) is 37.9. The number of halogens is 7. The fourth-order valence-corrected chi connectivity index (χ4v) is 4.17. The van der Waals surface area contributed by atoms with Crippen molar-refractivity contribution < 1.29 is 45.8 Å². The summed E-state index contributed by atoms with van der Waals surface area (Å²) in [5.74, 6) is -2.44. The number of alkyl carbamates (subject to hydrolysis) is 1. The van der Waals surface area contributed by atoms with Gasteiger partial charge in [-0.05, 0) is 42.8 Å². The zero-order chi connectivity index (χ0) is 31.2. The van der Waals surface area contributed by atoms with Gasteiger partial charge >= 0.3 is 24.1 Å². The third-order valence-corrected chi connectivity index (χ3v) is 6.25. The summed E-state index contributed by atoms with van der Waals surface area (Å²) in [6.07, 6.45) is -14.4. The lowest BCUT2D eigenvalue weighted by molar-refractivity contribution is -0.207. The monoisotopic (exact) mass is 622 g/mol. The van der Waals surface area contributed by atoms with Gasteiger partial charge in [0.15, 0.2) is 17.7 Å². The standard InChI is InChI=1S/C26H25ClF6N4O5/c1-2-34-23(40)42-14-16(19-5-3-4-6-20(19)25(28,29)30)11-18(38)12-37-24(41)36(13-21(39)26(31,32)33)22(35-37)15-7-9-17(27)10-8-15/h3-10,16,21,39H,2,11-14H2,1H3,(H,34,40)/t16?,21-/m0/s1. The number of alkyl halides is 6. The number of ketones is 1. The van der Waals surface area contributed by atoms with E-state index in [0.717, 1.165) is 18.2 Å². The molecule has 0 bridgehead atoms. The van der Waals surface area contributed by atoms with Gasteiger partial charge in [0, 0.05) is 29.5 Å². The molecule has 42 heavy (non-hydrogen) atoms. The topological polar surface area (TPSA) is 115 Å². The molecular formula is C26H25ClF6N4O5. The summed E-state index contributed by atoms with van der Waals surface area (Å²) in [5.41, 5.74) is -2.43. The molecule has 2 aromatic carbocycles. The van der Waals surface area contributed by atoms with Crippen molar-refractivity contribution in [2.24, 2.45) is 0 Å². The Bertz CT molecular complexity index is 1450. The maximum absolute atomic E-state index is 13.7. The Kier molecular flexibility index (Phi) is 10.4. The minimum absolute atomic E-state index is 0.143. The molecule has 1 heterocycles. The molecule has 1 unspecified atom stereocenters. The number of aliphatic hydroxyl groups excluding tert-OH is 1. The van der Waals surface area contributed by atoms with E-state index in [0.29, 0.717) is 9.25 Å². The smallest absolute Gasteiger partial charge is 0.416 e. The third-order valence-electron chi connectivity index (χ3n) is 6.00. The number of nitrogens with zero attached hydrogens (tertiary/aromatic N) is 3. The number of aromatic nitrogens is 3. The fraction of sp³-hybridized carbons (Fsp3) is 0.385. The van der Waals surface area contributed by atoms with E-state index in [9.17, 15) is 45.8 Å². The Balaban J connectivity index is 1.95. The molecule has 0 spiro atoms. The molecule has 3 rings (SSSR count). The number of ether oxygens (including phenoxy) is 1. The van der Waals surface area contributed by atoms with Gasteiger partial charge in [-0.15, -0.1) is 5.10 Å². The summed E-state index contributed by atoms with van der Waals surface area (Å²) in [7, 11) is 0. The number of hydrogen-bond acceptors (Lipinski definition) is 6. The van der Waals surface area contributed by atoms with Crippen LogP contribution in [-0.4, -0.2) is 56.8 Å². The molecule has 0 fully saturated rings. The third kappa shape index (κ3) is 8.35. The first kappa shape index (κ1) is 32.7. The van der Waals surface area contributed by atoms with Gasteiger partial charge in [-0.25, -0.2) is 14.3 Å². The molecule has 2 atom stereocenters. The zero-order valence-corrected chi connectivity index (χ0v) is 22.6. The quantitative estimate of drug-likeness (QED) is 0.297. The number of carbonyl (C=O) groups is 2. The fourth-order valence-electron chi connectivity index (χ4n) is 4.05. The molecule has 0 saturated heterocycles. The second-order valence-corrected chi connectivity index (χ2v) is 9.53. The van der Waals surface area contributed by atoms with Crippen LogP contribution in [0.1, 0.15) is 30.4 Å². The molecule has 0 radical (unpaired) electrons. The molecule has 16 heteroatoms. The summed E-state index contributed by atoms with van der Waals surface area (Å²) in [6, 6.07) is 9.86. The molecule has 2 N–H and O–H groups in total. The lowest BCUT2D eigenvalue weighted by Gasteiger charge is -2.21. The Hall–Kier alpha value is -3.85. The van der Waals surface area contributed by atoms with E-state index in [4.69, 9.17) is 16.3 Å². The van der Waals surface area contributed by atoms with Gasteiger partial charge in [-0.1, -0.05) is 29.8 Å². The van der Waals surface area contributed by atoms with Crippen LogP contribution in [0.2, 0.25) is 5.02 Å². The Morgan fingerprint density at radius 3 is 2.31 bits per heavy atom. The molecule has 0 saturated carbocycles. The van der Waals surface area contributed by atoms with Crippen molar-refractivity contribution in [1.82, 2.24) is 19.7 Å². The number of hydrogen-bond donors (Lipinski definition) is 2. The van der Waals surface area contributed by atoms with Crippen molar-refractivity contribution >= 4 is 23.5 Å². The van der Waals surface area contributed by atoms with Crippen LogP contribution in [0.25, 0.3) is 11.4 Å². The van der Waals surface area contributed by atoms with Crippen LogP contribution in [-0.2, 0) is 28.8 Å². The highest BCUT2D eigenvalue weighted by atomic mass is 35.5. The first-order valence-electron chi connectivity index (χ1n) is 12.4. The maximum Gasteiger partial charge on any atom is 0.416 e. The van der Waals surface area contributed by atoms with Gasteiger partial charge in [-0.3, -0.25) is 9.36 Å². The molecule has 3 aromatic rings. The number of rotatable bonds is 11. The number of aliphatic hydroxyl groups is 1. The largest absolute Gasteiger partial charge is 0.449 e. The molecule has 1 amide bonds. The predicted octanol–water partition coefficient (Wildman–Crippen LogP) is 4.80. The summed E-state index contributed by atoms with van der Waals surface area (Å²) in [5, 5.41) is 16.2. The zero-order valence-electron chi connectivity index (χ0n) is 21.9. The SMILES string of the molecule is CCNC(=O)OCC(CC(=O)Cn1nc(-c2ccc(Cl)cc2)n(C[C@H](O)C(F)(F)F)c1=O)c1ccccc1C(F)(F)F. The van der Waals surface area contributed by atoms with E-state index in [1.165, 1.54) is 30.3 Å². The number of nitrogens with one attached hydrogen (secondary N) is 1. The van der Waals surface area contributed by atoms with E-state index in [2.05, 4.69) is 10.4 Å². The second-order valence-electron chi connectivity index (χ2n) is 9.09. The van der Waals surface area contributed by atoms with Crippen LogP contribution in [0.4, 0.5) is 31.1 Å². The van der Waals surface area contributed by atoms with Crippen molar-refractivity contribution in [2.75, 3.05) is 13.2 Å². The van der Waals surface area contributed by atoms with Gasteiger partial charge < -0.3 is 15.2 Å². The number of carbonyl (C=O) groups excluding carboxylic acids is 2. The van der Waals surface area contributed by atoms with Crippen molar-refractivity contribution in [2.45, 2.75) is 50.8 Å². The highest BCUT2D eigenvalue weighted by Crippen LogP contribution is 2.36. The van der Waals surface area contributed by atoms with Crippen molar-refractivity contribution in [1.29, 1.82) is 0 Å². The first-order valence-corrected chi connectivity index (χ1v) is 12.8. The van der Waals surface area contributed by atoms with Gasteiger partial charge in [0.2, 0.25) is 0 Å². The van der Waals surface area contributed by atoms with Crippen molar-refractivity contribution in [3.8, 4) is 11.4 Å². The Labute approximate surface area is 239 Å². The molecule has 0 aliphatic heterocycles. The van der Waals surface area contributed by atoms with E-state index < -0.39 is 73.6 Å². The van der Waals surface area contributed by atoms with Crippen LogP contribution in [0, 0.1) is 0 Å². The van der Waals surface area contributed by atoms with Crippen LogP contribution < -0.4 is 11.0 Å². The normalized spacial score (nSPS) is 13.5.